The van der Waals surface area contributed by atoms with Gasteiger partial charge in [0.15, 0.2) is 6.20 Å². The van der Waals surface area contributed by atoms with Gasteiger partial charge in [0.2, 0.25) is 0 Å². The summed E-state index contributed by atoms with van der Waals surface area (Å²) in [4.78, 5) is 30.5. The van der Waals surface area contributed by atoms with Gasteiger partial charge in [0.25, 0.3) is 0 Å². The van der Waals surface area contributed by atoms with Gasteiger partial charge in [-0.1, -0.05) is 0 Å². The van der Waals surface area contributed by atoms with Crippen LogP contribution in [0.1, 0.15) is 46.5 Å². The summed E-state index contributed by atoms with van der Waals surface area (Å²) in [5, 5.41) is 10.7. The number of carbonyl (C=O) groups excluding carboxylic acids is 1. The average Bonchev–Trinajstić information content (AvgIpc) is 2.62. The molecule has 2 saturated heterocycles. The highest BCUT2D eigenvalue weighted by molar-refractivity contribution is 5.68. The number of likely N-dealkylation sites (tertiary alicyclic amines) is 1. The van der Waals surface area contributed by atoms with Gasteiger partial charge in [-0.15, -0.1) is 0 Å². The Labute approximate surface area is 159 Å². The number of anilines is 1. The Morgan fingerprint density at radius 3 is 2.22 bits per heavy atom. The molecule has 27 heavy (non-hydrogen) atoms. The Balaban J connectivity index is 1.52. The zero-order valence-corrected chi connectivity index (χ0v) is 16.3. The summed E-state index contributed by atoms with van der Waals surface area (Å²) in [5.41, 5.74) is 0.751. The Kier molecular flexibility index (Phi) is 5.26. The van der Waals surface area contributed by atoms with Crippen LogP contribution in [0.3, 0.4) is 0 Å². The summed E-state index contributed by atoms with van der Waals surface area (Å²) < 4.78 is 5.48. The van der Waals surface area contributed by atoms with E-state index < -0.39 is 10.5 Å². The summed E-state index contributed by atoms with van der Waals surface area (Å²) in [6.07, 6.45) is 5.49. The fraction of sp³-hybridized carbons (Fsp3) is 0.684. The molecule has 2 aliphatic rings. The molecule has 0 atom stereocenters. The van der Waals surface area contributed by atoms with Gasteiger partial charge in [0.05, 0.1) is 5.69 Å². The number of hydrogen-bond donors (Lipinski definition) is 0. The SMILES string of the molecule is CC(C)(C)OC(=O)N1CCC2(CC1)CCN(c1ccc([N+](=O)[O-])nc1)CC2. The number of hydrogen-bond acceptors (Lipinski definition) is 6. The molecule has 0 bridgehead atoms. The van der Waals surface area contributed by atoms with Crippen molar-refractivity contribution in [2.24, 2.45) is 5.41 Å². The first-order chi connectivity index (χ1) is 12.7. The van der Waals surface area contributed by atoms with Gasteiger partial charge < -0.3 is 24.7 Å². The molecule has 0 unspecified atom stereocenters. The van der Waals surface area contributed by atoms with E-state index in [1.165, 1.54) is 6.07 Å². The zero-order chi connectivity index (χ0) is 19.7. The molecule has 0 radical (unpaired) electrons. The molecule has 3 rings (SSSR count). The molecule has 2 fully saturated rings. The Bertz CT molecular complexity index is 681. The molecule has 1 amide bonds. The number of nitro groups is 1. The second-order valence-corrected chi connectivity index (χ2v) is 8.59. The maximum absolute atomic E-state index is 12.2. The average molecular weight is 376 g/mol. The van der Waals surface area contributed by atoms with E-state index in [4.69, 9.17) is 4.74 Å². The first kappa shape index (κ1) is 19.4. The number of rotatable bonds is 2. The van der Waals surface area contributed by atoms with Crippen LogP contribution in [-0.2, 0) is 4.74 Å². The summed E-state index contributed by atoms with van der Waals surface area (Å²) in [5.74, 6) is -0.123. The minimum atomic E-state index is -0.479. The van der Waals surface area contributed by atoms with Crippen LogP contribution in [-0.4, -0.2) is 52.7 Å². The van der Waals surface area contributed by atoms with E-state index in [9.17, 15) is 14.9 Å². The largest absolute Gasteiger partial charge is 0.444 e. The number of amides is 1. The van der Waals surface area contributed by atoms with Crippen molar-refractivity contribution in [1.29, 1.82) is 0 Å². The smallest absolute Gasteiger partial charge is 0.410 e. The van der Waals surface area contributed by atoms with Crippen molar-refractivity contribution in [3.8, 4) is 0 Å². The second-order valence-electron chi connectivity index (χ2n) is 8.59. The van der Waals surface area contributed by atoms with Crippen molar-refractivity contribution in [2.45, 2.75) is 52.1 Å². The lowest BCUT2D eigenvalue weighted by molar-refractivity contribution is -0.389. The fourth-order valence-electron chi connectivity index (χ4n) is 3.90. The van der Waals surface area contributed by atoms with Crippen LogP contribution in [0.2, 0.25) is 0 Å². The van der Waals surface area contributed by atoms with Crippen molar-refractivity contribution in [3.05, 3.63) is 28.4 Å². The quantitative estimate of drug-likeness (QED) is 0.579. The van der Waals surface area contributed by atoms with E-state index in [-0.39, 0.29) is 17.3 Å². The maximum Gasteiger partial charge on any atom is 0.410 e. The molecule has 1 aromatic rings. The van der Waals surface area contributed by atoms with Gasteiger partial charge in [-0.3, -0.25) is 0 Å². The summed E-state index contributed by atoms with van der Waals surface area (Å²) >= 11 is 0. The van der Waals surface area contributed by atoms with Crippen molar-refractivity contribution in [3.63, 3.8) is 0 Å². The van der Waals surface area contributed by atoms with Gasteiger partial charge in [-0.05, 0) is 67.8 Å². The molecule has 0 N–H and O–H groups in total. The van der Waals surface area contributed by atoms with Crippen LogP contribution >= 0.6 is 0 Å². The van der Waals surface area contributed by atoms with Crippen LogP contribution in [0.5, 0.6) is 0 Å². The van der Waals surface area contributed by atoms with E-state index in [1.54, 1.807) is 12.3 Å². The lowest BCUT2D eigenvalue weighted by atomic mass is 9.71. The van der Waals surface area contributed by atoms with E-state index >= 15 is 0 Å². The highest BCUT2D eigenvalue weighted by Crippen LogP contribution is 2.42. The van der Waals surface area contributed by atoms with E-state index in [0.29, 0.717) is 0 Å². The number of nitrogens with zero attached hydrogens (tertiary/aromatic N) is 4. The van der Waals surface area contributed by atoms with Crippen molar-refractivity contribution in [1.82, 2.24) is 9.88 Å². The van der Waals surface area contributed by atoms with Gasteiger partial charge in [-0.2, -0.15) is 0 Å². The predicted molar refractivity (Wildman–Crippen MR) is 102 cm³/mol. The van der Waals surface area contributed by atoms with E-state index in [2.05, 4.69) is 9.88 Å². The Morgan fingerprint density at radius 2 is 1.74 bits per heavy atom. The molecule has 3 heterocycles. The number of aromatic nitrogens is 1. The summed E-state index contributed by atoms with van der Waals surface area (Å²) in [6, 6.07) is 3.23. The highest BCUT2D eigenvalue weighted by atomic mass is 16.6. The van der Waals surface area contributed by atoms with Crippen molar-refractivity contribution < 1.29 is 14.5 Å². The Hall–Kier alpha value is -2.38. The number of ether oxygens (including phenoxy) is 1. The third kappa shape index (κ3) is 4.67. The lowest BCUT2D eigenvalue weighted by Crippen LogP contribution is -2.49. The Morgan fingerprint density at radius 1 is 1.15 bits per heavy atom. The first-order valence-corrected chi connectivity index (χ1v) is 9.51. The van der Waals surface area contributed by atoms with E-state index in [0.717, 1.165) is 57.5 Å². The van der Waals surface area contributed by atoms with Gasteiger partial charge in [-0.25, -0.2) is 4.79 Å². The predicted octanol–water partition coefficient (Wildman–Crippen LogP) is 3.61. The first-order valence-electron chi connectivity index (χ1n) is 9.51. The summed E-state index contributed by atoms with van der Waals surface area (Å²) in [6.45, 7) is 8.97. The lowest BCUT2D eigenvalue weighted by Gasteiger charge is -2.47. The molecule has 1 spiro atoms. The number of carbonyl (C=O) groups is 1. The van der Waals surface area contributed by atoms with Crippen molar-refractivity contribution in [2.75, 3.05) is 31.1 Å². The van der Waals surface area contributed by atoms with Crippen LogP contribution in [0.15, 0.2) is 18.3 Å². The topological polar surface area (TPSA) is 88.8 Å². The molecule has 1 aromatic heterocycles. The van der Waals surface area contributed by atoms with Gasteiger partial charge in [0, 0.05) is 32.2 Å². The minimum Gasteiger partial charge on any atom is -0.444 e. The molecular weight excluding hydrogens is 348 g/mol. The molecule has 0 aromatic carbocycles. The van der Waals surface area contributed by atoms with Crippen LogP contribution in [0.4, 0.5) is 16.3 Å². The molecule has 8 heteroatoms. The molecule has 0 saturated carbocycles. The fourth-order valence-corrected chi connectivity index (χ4v) is 3.90. The number of pyridine rings is 1. The zero-order valence-electron chi connectivity index (χ0n) is 16.3. The molecular formula is C19H28N4O4. The monoisotopic (exact) mass is 376 g/mol. The third-order valence-corrected chi connectivity index (χ3v) is 5.58. The molecule has 0 aliphatic carbocycles. The normalized spacial score (nSPS) is 19.8. The summed E-state index contributed by atoms with van der Waals surface area (Å²) in [7, 11) is 0. The highest BCUT2D eigenvalue weighted by Gasteiger charge is 2.39. The van der Waals surface area contributed by atoms with Crippen molar-refractivity contribution >= 4 is 17.6 Å². The van der Waals surface area contributed by atoms with Crippen LogP contribution < -0.4 is 4.90 Å². The molecule has 2 aliphatic heterocycles. The van der Waals surface area contributed by atoms with E-state index in [1.807, 2.05) is 25.7 Å². The van der Waals surface area contributed by atoms with Gasteiger partial charge in [0.1, 0.15) is 5.60 Å². The molecule has 148 valence electrons. The standard InChI is InChI=1S/C19H28N4O4/c1-18(2,3)27-17(24)22-12-8-19(9-13-22)6-10-21(11-7-19)15-4-5-16(20-14-15)23(25)26/h4-5,14H,6-13H2,1-3H3. The third-order valence-electron chi connectivity index (χ3n) is 5.58. The minimum absolute atomic E-state index is 0.123. The van der Waals surface area contributed by atoms with Gasteiger partial charge >= 0.3 is 11.9 Å². The number of piperidine rings is 2. The molecule has 8 nitrogen and oxygen atoms in total. The maximum atomic E-state index is 12.2. The van der Waals surface area contributed by atoms with Crippen LogP contribution in [0, 0.1) is 15.5 Å². The van der Waals surface area contributed by atoms with Crippen LogP contribution in [0.25, 0.3) is 0 Å². The second kappa shape index (κ2) is 7.32.